The average molecular weight is 419 g/mol. The van der Waals surface area contributed by atoms with Gasteiger partial charge in [-0.25, -0.2) is 4.98 Å². The molecule has 0 radical (unpaired) electrons. The number of para-hydroxylation sites is 1. The molecule has 4 rings (SSSR count). The van der Waals surface area contributed by atoms with Crippen LogP contribution in [0.25, 0.3) is 33.1 Å². The van der Waals surface area contributed by atoms with E-state index in [1.165, 1.54) is 0 Å². The topological polar surface area (TPSA) is 85.5 Å². The lowest BCUT2D eigenvalue weighted by molar-refractivity contribution is 0.0938. The summed E-state index contributed by atoms with van der Waals surface area (Å²) in [5.41, 5.74) is 3.51. The average Bonchev–Trinajstić information content (AvgIpc) is 3.15. The zero-order chi connectivity index (χ0) is 22.1. The molecule has 0 aliphatic carbocycles. The Morgan fingerprint density at radius 2 is 1.65 bits per heavy atom. The molecule has 31 heavy (non-hydrogen) atoms. The van der Waals surface area contributed by atoms with E-state index in [0.717, 1.165) is 27.4 Å². The van der Waals surface area contributed by atoms with Crippen molar-refractivity contribution >= 4 is 27.7 Å². The minimum Gasteiger partial charge on any atom is -0.493 e. The van der Waals surface area contributed by atoms with Gasteiger partial charge in [-0.1, -0.05) is 18.2 Å². The third-order valence-electron chi connectivity index (χ3n) is 5.09. The van der Waals surface area contributed by atoms with Crippen molar-refractivity contribution in [1.29, 1.82) is 0 Å². The summed E-state index contributed by atoms with van der Waals surface area (Å²) in [6, 6.07) is 13.5. The summed E-state index contributed by atoms with van der Waals surface area (Å²) in [7, 11) is 4.70. The molecule has 0 spiro atoms. The Bertz CT molecular complexity index is 1250. The maximum Gasteiger partial charge on any atom is 0.270 e. The molecule has 160 valence electrons. The monoisotopic (exact) mass is 419 g/mol. The number of benzene rings is 2. The van der Waals surface area contributed by atoms with Gasteiger partial charge >= 0.3 is 0 Å². The maximum atomic E-state index is 12.8. The van der Waals surface area contributed by atoms with Crippen LogP contribution in [0.2, 0.25) is 0 Å². The van der Waals surface area contributed by atoms with Gasteiger partial charge in [-0.05, 0) is 38.1 Å². The van der Waals surface area contributed by atoms with Gasteiger partial charge in [0.1, 0.15) is 5.69 Å². The third kappa shape index (κ3) is 3.63. The van der Waals surface area contributed by atoms with E-state index in [4.69, 9.17) is 19.2 Å². The predicted molar refractivity (Wildman–Crippen MR) is 121 cm³/mol. The van der Waals surface area contributed by atoms with Crippen molar-refractivity contribution in [3.05, 3.63) is 48.2 Å². The van der Waals surface area contributed by atoms with Gasteiger partial charge in [0.15, 0.2) is 11.5 Å². The zero-order valence-electron chi connectivity index (χ0n) is 18.2. The van der Waals surface area contributed by atoms with E-state index in [0.29, 0.717) is 28.6 Å². The molecule has 2 aromatic carbocycles. The van der Waals surface area contributed by atoms with E-state index in [1.54, 1.807) is 21.3 Å². The number of H-pyrrole nitrogens is 1. The van der Waals surface area contributed by atoms with Gasteiger partial charge in [0.05, 0.1) is 32.5 Å². The Balaban J connectivity index is 2.04. The summed E-state index contributed by atoms with van der Waals surface area (Å²) >= 11 is 0. The van der Waals surface area contributed by atoms with Crippen LogP contribution in [0.5, 0.6) is 17.2 Å². The fourth-order valence-electron chi connectivity index (χ4n) is 3.72. The number of fused-ring (bicyclic) bond motifs is 3. The van der Waals surface area contributed by atoms with Gasteiger partial charge in [-0.2, -0.15) is 0 Å². The molecule has 0 saturated heterocycles. The minimum absolute atomic E-state index is 0.00223. The maximum absolute atomic E-state index is 12.8. The van der Waals surface area contributed by atoms with Gasteiger partial charge in [0, 0.05) is 27.9 Å². The number of nitrogens with zero attached hydrogens (tertiary/aromatic N) is 1. The Hall–Kier alpha value is -3.74. The molecule has 7 nitrogen and oxygen atoms in total. The number of ether oxygens (including phenoxy) is 3. The lowest BCUT2D eigenvalue weighted by Crippen LogP contribution is -2.30. The van der Waals surface area contributed by atoms with E-state index in [-0.39, 0.29) is 11.9 Å². The van der Waals surface area contributed by atoms with Crippen LogP contribution in [0, 0.1) is 0 Å². The van der Waals surface area contributed by atoms with Crippen LogP contribution in [0.15, 0.2) is 42.5 Å². The van der Waals surface area contributed by atoms with Crippen LogP contribution in [-0.2, 0) is 0 Å². The molecule has 2 heterocycles. The van der Waals surface area contributed by atoms with Crippen LogP contribution in [0.4, 0.5) is 0 Å². The highest BCUT2D eigenvalue weighted by Crippen LogP contribution is 2.42. The second kappa shape index (κ2) is 8.18. The van der Waals surface area contributed by atoms with Crippen LogP contribution in [0.3, 0.4) is 0 Å². The minimum atomic E-state index is -0.226. The van der Waals surface area contributed by atoms with Crippen molar-refractivity contribution in [2.75, 3.05) is 21.3 Å². The van der Waals surface area contributed by atoms with Crippen molar-refractivity contribution in [3.63, 3.8) is 0 Å². The Labute approximate surface area is 180 Å². The molecule has 0 fully saturated rings. The lowest BCUT2D eigenvalue weighted by atomic mass is 10.0. The molecule has 0 atom stereocenters. The number of carbonyl (C=O) groups excluding carboxylic acids is 1. The first kappa shape index (κ1) is 20.5. The summed E-state index contributed by atoms with van der Waals surface area (Å²) in [5, 5.41) is 4.87. The predicted octanol–water partition coefficient (Wildman–Crippen LogP) is 4.55. The van der Waals surface area contributed by atoms with Crippen LogP contribution < -0.4 is 19.5 Å². The molecule has 4 aromatic rings. The molecular weight excluding hydrogens is 394 g/mol. The second-order valence-corrected chi connectivity index (χ2v) is 7.49. The first-order chi connectivity index (χ1) is 15.0. The van der Waals surface area contributed by atoms with Crippen molar-refractivity contribution in [3.8, 4) is 28.5 Å². The number of pyridine rings is 1. The molecule has 0 bridgehead atoms. The number of hydrogen-bond acceptors (Lipinski definition) is 5. The molecule has 0 aliphatic heterocycles. The molecular formula is C24H25N3O4. The molecule has 0 saturated carbocycles. The highest BCUT2D eigenvalue weighted by Gasteiger charge is 2.20. The summed E-state index contributed by atoms with van der Waals surface area (Å²) in [6.45, 7) is 3.84. The van der Waals surface area contributed by atoms with Gasteiger partial charge in [-0.3, -0.25) is 4.79 Å². The molecule has 0 unspecified atom stereocenters. The van der Waals surface area contributed by atoms with Crippen LogP contribution >= 0.6 is 0 Å². The van der Waals surface area contributed by atoms with Gasteiger partial charge in [0.2, 0.25) is 5.75 Å². The number of hydrogen-bond donors (Lipinski definition) is 2. The molecule has 0 aliphatic rings. The highest BCUT2D eigenvalue weighted by molar-refractivity contribution is 6.13. The van der Waals surface area contributed by atoms with Crippen LogP contribution in [0.1, 0.15) is 24.3 Å². The van der Waals surface area contributed by atoms with Crippen molar-refractivity contribution < 1.29 is 19.0 Å². The normalized spacial score (nSPS) is 11.2. The molecule has 7 heteroatoms. The lowest BCUT2D eigenvalue weighted by Gasteiger charge is -2.15. The first-order valence-electron chi connectivity index (χ1n) is 9.99. The quantitative estimate of drug-likeness (QED) is 0.479. The Kier molecular flexibility index (Phi) is 5.42. The summed E-state index contributed by atoms with van der Waals surface area (Å²) in [4.78, 5) is 21.0. The SMILES string of the molecule is COc1cc(-c2nc(C(=O)NC(C)C)cc3c2[nH]c2ccccc23)cc(OC)c1OC. The number of aromatic amines is 1. The highest BCUT2D eigenvalue weighted by atomic mass is 16.5. The Morgan fingerprint density at radius 1 is 0.968 bits per heavy atom. The number of aromatic nitrogens is 2. The number of rotatable bonds is 6. The van der Waals surface area contributed by atoms with Crippen molar-refractivity contribution in [2.24, 2.45) is 0 Å². The van der Waals surface area contributed by atoms with E-state index in [1.807, 2.05) is 56.3 Å². The fourth-order valence-corrected chi connectivity index (χ4v) is 3.72. The smallest absolute Gasteiger partial charge is 0.270 e. The summed E-state index contributed by atoms with van der Waals surface area (Å²) in [5.74, 6) is 1.30. The second-order valence-electron chi connectivity index (χ2n) is 7.49. The third-order valence-corrected chi connectivity index (χ3v) is 5.09. The first-order valence-corrected chi connectivity index (χ1v) is 9.99. The number of carbonyl (C=O) groups is 1. The summed E-state index contributed by atoms with van der Waals surface area (Å²) in [6.07, 6.45) is 0. The largest absolute Gasteiger partial charge is 0.493 e. The number of amides is 1. The van der Waals surface area contributed by atoms with E-state index < -0.39 is 0 Å². The van der Waals surface area contributed by atoms with Crippen LogP contribution in [-0.4, -0.2) is 43.2 Å². The summed E-state index contributed by atoms with van der Waals surface area (Å²) < 4.78 is 16.5. The number of methoxy groups -OCH3 is 3. The number of nitrogens with one attached hydrogen (secondary N) is 2. The fraction of sp³-hybridized carbons (Fsp3) is 0.250. The molecule has 1 amide bonds. The van der Waals surface area contributed by atoms with E-state index in [9.17, 15) is 4.79 Å². The van der Waals surface area contributed by atoms with Crippen molar-refractivity contribution in [2.45, 2.75) is 19.9 Å². The van der Waals surface area contributed by atoms with E-state index in [2.05, 4.69) is 10.3 Å². The Morgan fingerprint density at radius 3 is 2.26 bits per heavy atom. The standard InChI is InChI=1S/C24H25N3O4/c1-13(2)25-24(28)18-12-16-15-8-6-7-9-17(15)26-22(16)21(27-18)14-10-19(29-3)23(31-5)20(11-14)30-4/h6-13,26H,1-5H3,(H,25,28). The van der Waals surface area contributed by atoms with Gasteiger partial charge in [0.25, 0.3) is 5.91 Å². The van der Waals surface area contributed by atoms with Gasteiger partial charge < -0.3 is 24.5 Å². The van der Waals surface area contributed by atoms with Gasteiger partial charge in [-0.15, -0.1) is 0 Å². The molecule has 2 aromatic heterocycles. The molecule has 2 N–H and O–H groups in total. The van der Waals surface area contributed by atoms with E-state index >= 15 is 0 Å². The zero-order valence-corrected chi connectivity index (χ0v) is 18.2. The van der Waals surface area contributed by atoms with Crippen molar-refractivity contribution in [1.82, 2.24) is 15.3 Å².